The summed E-state index contributed by atoms with van der Waals surface area (Å²) in [6.45, 7) is 4.19. The van der Waals surface area contributed by atoms with Gasteiger partial charge in [0.2, 0.25) is 0 Å². The molecule has 1 atom stereocenters. The third-order valence-corrected chi connectivity index (χ3v) is 2.32. The van der Waals surface area contributed by atoms with E-state index in [1.165, 1.54) is 0 Å². The molecule has 1 rings (SSSR count). The van der Waals surface area contributed by atoms with E-state index < -0.39 is 5.97 Å². The number of hydrogen-bond donors (Lipinski definition) is 1. The number of carboxylic acids is 1. The number of aryl methyl sites for hydroxylation is 1. The maximum atomic E-state index is 10.3. The molecule has 0 radical (unpaired) electrons. The molecule has 14 heavy (non-hydrogen) atoms. The van der Waals surface area contributed by atoms with Gasteiger partial charge < -0.3 is 5.11 Å². The van der Waals surface area contributed by atoms with Crippen molar-refractivity contribution in [3.63, 3.8) is 0 Å². The monoisotopic (exact) mass is 196 g/mol. The van der Waals surface area contributed by atoms with Crippen LogP contribution in [0.1, 0.15) is 38.3 Å². The fourth-order valence-electron chi connectivity index (χ4n) is 1.19. The highest BCUT2D eigenvalue weighted by Crippen LogP contribution is 2.10. The molecular formula is C10H16N2O2. The molecule has 0 aliphatic rings. The molecule has 1 aromatic rings. The van der Waals surface area contributed by atoms with Crippen LogP contribution >= 0.6 is 0 Å². The average molecular weight is 196 g/mol. The van der Waals surface area contributed by atoms with Crippen LogP contribution in [0.4, 0.5) is 0 Å². The summed E-state index contributed by atoms with van der Waals surface area (Å²) in [5, 5.41) is 12.7. The molecule has 0 aromatic carbocycles. The van der Waals surface area contributed by atoms with Gasteiger partial charge in [-0.25, -0.2) is 0 Å². The zero-order valence-electron chi connectivity index (χ0n) is 8.60. The van der Waals surface area contributed by atoms with Gasteiger partial charge in [0, 0.05) is 18.7 Å². The number of aromatic nitrogens is 2. The average Bonchev–Trinajstić information content (AvgIpc) is 2.62. The molecule has 0 aliphatic heterocycles. The minimum absolute atomic E-state index is 0.173. The summed E-state index contributed by atoms with van der Waals surface area (Å²) in [6, 6.07) is 0.383. The minimum Gasteiger partial charge on any atom is -0.481 e. The van der Waals surface area contributed by atoms with Gasteiger partial charge in [0.05, 0.1) is 6.20 Å². The zero-order chi connectivity index (χ0) is 10.6. The summed E-state index contributed by atoms with van der Waals surface area (Å²) in [7, 11) is 0. The summed E-state index contributed by atoms with van der Waals surface area (Å²) < 4.78 is 1.89. The normalized spacial score (nSPS) is 12.7. The lowest BCUT2D eigenvalue weighted by Gasteiger charge is -2.07. The van der Waals surface area contributed by atoms with E-state index in [0.717, 1.165) is 12.0 Å². The van der Waals surface area contributed by atoms with Gasteiger partial charge in [-0.3, -0.25) is 9.48 Å². The molecule has 0 saturated carbocycles. The van der Waals surface area contributed by atoms with Crippen molar-refractivity contribution in [3.05, 3.63) is 18.0 Å². The van der Waals surface area contributed by atoms with E-state index in [2.05, 4.69) is 18.9 Å². The molecule has 0 bridgehead atoms. The molecule has 0 amide bonds. The van der Waals surface area contributed by atoms with Gasteiger partial charge in [0.25, 0.3) is 0 Å². The van der Waals surface area contributed by atoms with Crippen LogP contribution in [0.5, 0.6) is 0 Å². The molecule has 1 heterocycles. The van der Waals surface area contributed by atoms with Gasteiger partial charge in [-0.2, -0.15) is 5.10 Å². The lowest BCUT2D eigenvalue weighted by atomic mass is 10.2. The minimum atomic E-state index is -0.763. The molecule has 1 aromatic heterocycles. The van der Waals surface area contributed by atoms with Gasteiger partial charge in [-0.15, -0.1) is 0 Å². The van der Waals surface area contributed by atoms with Crippen LogP contribution in [-0.4, -0.2) is 20.9 Å². The Kier molecular flexibility index (Phi) is 3.68. The molecule has 1 N–H and O–H groups in total. The Morgan fingerprint density at radius 2 is 2.43 bits per heavy atom. The Balaban J connectivity index is 2.54. The summed E-state index contributed by atoms with van der Waals surface area (Å²) in [6.07, 6.45) is 5.43. The third kappa shape index (κ3) is 2.87. The van der Waals surface area contributed by atoms with Crippen molar-refractivity contribution in [2.24, 2.45) is 0 Å². The predicted octanol–water partition coefficient (Wildman–Crippen LogP) is 1.87. The van der Waals surface area contributed by atoms with Crippen LogP contribution in [0.15, 0.2) is 12.4 Å². The van der Waals surface area contributed by atoms with E-state index in [4.69, 9.17) is 5.11 Å². The Labute approximate surface area is 83.5 Å². The molecule has 4 heteroatoms. The number of carboxylic acid groups (broad SMARTS) is 1. The number of aliphatic carboxylic acids is 1. The molecule has 0 saturated heterocycles. The number of rotatable bonds is 5. The Morgan fingerprint density at radius 1 is 1.71 bits per heavy atom. The third-order valence-electron chi connectivity index (χ3n) is 2.32. The van der Waals surface area contributed by atoms with Crippen molar-refractivity contribution < 1.29 is 9.90 Å². The topological polar surface area (TPSA) is 55.1 Å². The van der Waals surface area contributed by atoms with Gasteiger partial charge in [-0.05, 0) is 25.3 Å². The van der Waals surface area contributed by atoms with Crippen LogP contribution in [-0.2, 0) is 11.2 Å². The predicted molar refractivity (Wildman–Crippen MR) is 53.2 cm³/mol. The molecule has 0 spiro atoms. The fraction of sp³-hybridized carbons (Fsp3) is 0.600. The van der Waals surface area contributed by atoms with E-state index in [1.807, 2.05) is 10.9 Å². The number of hydrogen-bond acceptors (Lipinski definition) is 2. The van der Waals surface area contributed by atoms with Gasteiger partial charge in [-0.1, -0.05) is 6.92 Å². The lowest BCUT2D eigenvalue weighted by molar-refractivity contribution is -0.136. The van der Waals surface area contributed by atoms with Crippen molar-refractivity contribution >= 4 is 5.97 Å². The molecule has 0 aliphatic carbocycles. The highest BCUT2D eigenvalue weighted by Gasteiger charge is 2.05. The van der Waals surface area contributed by atoms with Crippen molar-refractivity contribution in [1.29, 1.82) is 0 Å². The first kappa shape index (κ1) is 10.8. The van der Waals surface area contributed by atoms with Crippen molar-refractivity contribution in [3.8, 4) is 0 Å². The standard InChI is InChI=1S/C10H16N2O2/c1-3-8(2)12-7-9(6-11-12)4-5-10(13)14/h6-8H,3-5H2,1-2H3,(H,13,14)/t8-/m0/s1. The van der Waals surface area contributed by atoms with Crippen molar-refractivity contribution in [2.75, 3.05) is 0 Å². The summed E-state index contributed by atoms with van der Waals surface area (Å²) in [4.78, 5) is 10.3. The Hall–Kier alpha value is -1.32. The van der Waals surface area contributed by atoms with Gasteiger partial charge in [0.15, 0.2) is 0 Å². The fourth-order valence-corrected chi connectivity index (χ4v) is 1.19. The second kappa shape index (κ2) is 4.79. The van der Waals surface area contributed by atoms with Crippen LogP contribution in [0.3, 0.4) is 0 Å². The van der Waals surface area contributed by atoms with Crippen LogP contribution in [0.25, 0.3) is 0 Å². The quantitative estimate of drug-likeness (QED) is 0.782. The lowest BCUT2D eigenvalue weighted by Crippen LogP contribution is -2.03. The maximum Gasteiger partial charge on any atom is 0.303 e. The van der Waals surface area contributed by atoms with Crippen molar-refractivity contribution in [2.45, 2.75) is 39.2 Å². The maximum absolute atomic E-state index is 10.3. The van der Waals surface area contributed by atoms with Gasteiger partial charge >= 0.3 is 5.97 Å². The van der Waals surface area contributed by atoms with Gasteiger partial charge in [0.1, 0.15) is 0 Å². The second-order valence-electron chi connectivity index (χ2n) is 3.48. The second-order valence-corrected chi connectivity index (χ2v) is 3.48. The summed E-state index contributed by atoms with van der Waals surface area (Å²) >= 11 is 0. The highest BCUT2D eigenvalue weighted by atomic mass is 16.4. The summed E-state index contributed by atoms with van der Waals surface area (Å²) in [5.41, 5.74) is 0.993. The molecular weight excluding hydrogens is 180 g/mol. The highest BCUT2D eigenvalue weighted by molar-refractivity contribution is 5.67. The first-order chi connectivity index (χ1) is 6.63. The smallest absolute Gasteiger partial charge is 0.303 e. The Bertz CT molecular complexity index is 307. The number of nitrogens with zero attached hydrogens (tertiary/aromatic N) is 2. The zero-order valence-corrected chi connectivity index (χ0v) is 8.60. The van der Waals surface area contributed by atoms with Crippen LogP contribution in [0.2, 0.25) is 0 Å². The molecule has 4 nitrogen and oxygen atoms in total. The molecule has 0 unspecified atom stereocenters. The van der Waals surface area contributed by atoms with E-state index in [1.54, 1.807) is 6.20 Å². The first-order valence-electron chi connectivity index (χ1n) is 4.88. The van der Waals surface area contributed by atoms with Crippen molar-refractivity contribution in [1.82, 2.24) is 9.78 Å². The van der Waals surface area contributed by atoms with E-state index in [9.17, 15) is 4.79 Å². The molecule has 0 fully saturated rings. The van der Waals surface area contributed by atoms with E-state index >= 15 is 0 Å². The van der Waals surface area contributed by atoms with E-state index in [-0.39, 0.29) is 6.42 Å². The molecule has 78 valence electrons. The first-order valence-corrected chi connectivity index (χ1v) is 4.88. The summed E-state index contributed by atoms with van der Waals surface area (Å²) in [5.74, 6) is -0.763. The largest absolute Gasteiger partial charge is 0.481 e. The SMILES string of the molecule is CC[C@H](C)n1cc(CCC(=O)O)cn1. The number of carbonyl (C=O) groups is 1. The van der Waals surface area contributed by atoms with E-state index in [0.29, 0.717) is 12.5 Å². The van der Waals surface area contributed by atoms with Crippen LogP contribution in [0, 0.1) is 0 Å². The Morgan fingerprint density at radius 3 is 3.00 bits per heavy atom. The van der Waals surface area contributed by atoms with Crippen LogP contribution < -0.4 is 0 Å².